The second kappa shape index (κ2) is 17.9. The van der Waals surface area contributed by atoms with Crippen LogP contribution >= 0.6 is 0 Å². The van der Waals surface area contributed by atoms with Gasteiger partial charge in [0.1, 0.15) is 0 Å². The molecular formula is C16H26N2O5. The van der Waals surface area contributed by atoms with E-state index in [-0.39, 0.29) is 0 Å². The second-order valence-electron chi connectivity index (χ2n) is 4.38. The molecular weight excluding hydrogens is 300 g/mol. The summed E-state index contributed by atoms with van der Waals surface area (Å²) < 4.78 is 0. The smallest absolute Gasteiger partial charge is 0.333 e. The molecule has 130 valence electrons. The van der Waals surface area contributed by atoms with Gasteiger partial charge in [0.25, 0.3) is 0 Å². The van der Waals surface area contributed by atoms with Crippen LogP contribution in [-0.4, -0.2) is 59.5 Å². The maximum atomic E-state index is 9.72. The first-order valence-electron chi connectivity index (χ1n) is 7.18. The lowest BCUT2D eigenvalue weighted by Gasteiger charge is -2.02. The summed E-state index contributed by atoms with van der Waals surface area (Å²) in [5.74, 6) is -2.85. The van der Waals surface area contributed by atoms with E-state index in [4.69, 9.17) is 15.3 Å². The maximum absolute atomic E-state index is 9.72. The highest BCUT2D eigenvalue weighted by atomic mass is 16.4. The molecule has 7 heteroatoms. The quantitative estimate of drug-likeness (QED) is 0.262. The van der Waals surface area contributed by atoms with E-state index in [0.717, 1.165) is 26.2 Å². The Balaban J connectivity index is 0. The SMILES string of the molecule is C=C=CCNCCCCNCC=C=C.O=C(O)CC(O)C(=O)O. The van der Waals surface area contributed by atoms with Gasteiger partial charge in [-0.25, -0.2) is 4.79 Å². The van der Waals surface area contributed by atoms with Crippen molar-refractivity contribution in [2.75, 3.05) is 26.2 Å². The third-order valence-corrected chi connectivity index (χ3v) is 2.39. The Kier molecular flexibility index (Phi) is 18.0. The van der Waals surface area contributed by atoms with Gasteiger partial charge in [-0.2, -0.15) is 0 Å². The highest BCUT2D eigenvalue weighted by Crippen LogP contribution is 1.89. The van der Waals surface area contributed by atoms with E-state index in [0.29, 0.717) is 0 Å². The van der Waals surface area contributed by atoms with Crippen LogP contribution in [0.25, 0.3) is 0 Å². The van der Waals surface area contributed by atoms with Crippen molar-refractivity contribution < 1.29 is 24.9 Å². The Bertz CT molecular complexity index is 400. The van der Waals surface area contributed by atoms with E-state index in [1.165, 1.54) is 12.8 Å². The van der Waals surface area contributed by atoms with Crippen LogP contribution in [-0.2, 0) is 9.59 Å². The summed E-state index contributed by atoms with van der Waals surface area (Å²) in [7, 11) is 0. The van der Waals surface area contributed by atoms with Crippen LogP contribution in [0.3, 0.4) is 0 Å². The summed E-state index contributed by atoms with van der Waals surface area (Å²) in [5, 5.41) is 30.7. The first-order chi connectivity index (χ1) is 11.0. The molecule has 0 bridgehead atoms. The molecule has 0 saturated heterocycles. The lowest BCUT2D eigenvalue weighted by atomic mass is 10.3. The van der Waals surface area contributed by atoms with Crippen molar-refractivity contribution in [3.05, 3.63) is 36.8 Å². The Hall–Kier alpha value is -2.14. The Morgan fingerprint density at radius 3 is 1.70 bits per heavy atom. The number of carbonyl (C=O) groups is 2. The van der Waals surface area contributed by atoms with Crippen molar-refractivity contribution in [3.8, 4) is 0 Å². The van der Waals surface area contributed by atoms with E-state index < -0.39 is 24.5 Å². The molecule has 0 fully saturated rings. The van der Waals surface area contributed by atoms with Gasteiger partial charge in [-0.15, -0.1) is 11.5 Å². The molecule has 5 N–H and O–H groups in total. The van der Waals surface area contributed by atoms with Gasteiger partial charge < -0.3 is 26.0 Å². The number of hydrogen-bond acceptors (Lipinski definition) is 5. The van der Waals surface area contributed by atoms with E-state index in [1.54, 1.807) is 0 Å². The van der Waals surface area contributed by atoms with Crippen LogP contribution in [0.2, 0.25) is 0 Å². The molecule has 0 radical (unpaired) electrons. The van der Waals surface area contributed by atoms with E-state index in [2.05, 4.69) is 35.3 Å². The Morgan fingerprint density at radius 1 is 1.00 bits per heavy atom. The van der Waals surface area contributed by atoms with E-state index in [9.17, 15) is 9.59 Å². The molecule has 0 aromatic rings. The third-order valence-electron chi connectivity index (χ3n) is 2.39. The summed E-state index contributed by atoms with van der Waals surface area (Å²) in [6, 6.07) is 0. The minimum atomic E-state index is -1.79. The minimum absolute atomic E-state index is 0.755. The molecule has 0 aromatic heterocycles. The van der Waals surface area contributed by atoms with Gasteiger partial charge in [0.2, 0.25) is 0 Å². The van der Waals surface area contributed by atoms with Crippen molar-refractivity contribution in [2.45, 2.75) is 25.4 Å². The number of carboxylic acid groups (broad SMARTS) is 2. The zero-order valence-electron chi connectivity index (χ0n) is 13.3. The predicted molar refractivity (Wildman–Crippen MR) is 88.3 cm³/mol. The van der Waals surface area contributed by atoms with Crippen LogP contribution in [0.15, 0.2) is 36.8 Å². The fraction of sp³-hybridized carbons (Fsp3) is 0.500. The fourth-order valence-electron chi connectivity index (χ4n) is 1.25. The second-order valence-corrected chi connectivity index (χ2v) is 4.38. The molecule has 0 saturated carbocycles. The van der Waals surface area contributed by atoms with Gasteiger partial charge in [0.05, 0.1) is 6.42 Å². The van der Waals surface area contributed by atoms with Crippen LogP contribution in [0, 0.1) is 0 Å². The summed E-state index contributed by atoms with van der Waals surface area (Å²) >= 11 is 0. The molecule has 1 atom stereocenters. The van der Waals surface area contributed by atoms with E-state index >= 15 is 0 Å². The zero-order valence-corrected chi connectivity index (χ0v) is 13.3. The molecule has 7 nitrogen and oxygen atoms in total. The number of carboxylic acids is 2. The lowest BCUT2D eigenvalue weighted by molar-refractivity contribution is -0.152. The maximum Gasteiger partial charge on any atom is 0.333 e. The van der Waals surface area contributed by atoms with Gasteiger partial charge in [0, 0.05) is 13.1 Å². The first kappa shape index (κ1) is 23.1. The monoisotopic (exact) mass is 326 g/mol. The summed E-state index contributed by atoms with van der Waals surface area (Å²) in [6.45, 7) is 10.8. The molecule has 1 unspecified atom stereocenters. The standard InChI is InChI=1S/C12H20N2.C4H6O5/c1-3-5-9-13-11-7-8-12-14-10-6-4-2;5-2(4(8)9)1-3(6)7/h5-6,13-14H,1-2,7-12H2;2,5H,1H2,(H,6,7)(H,8,9). The molecule has 0 aliphatic carbocycles. The van der Waals surface area contributed by atoms with Gasteiger partial charge in [-0.1, -0.05) is 13.2 Å². The number of unbranched alkanes of at least 4 members (excludes halogenated alkanes) is 1. The average Bonchev–Trinajstić information content (AvgIpc) is 2.49. The lowest BCUT2D eigenvalue weighted by Crippen LogP contribution is -2.22. The molecule has 0 amide bonds. The largest absolute Gasteiger partial charge is 0.481 e. The number of aliphatic hydroxyl groups is 1. The highest BCUT2D eigenvalue weighted by Gasteiger charge is 2.16. The zero-order chi connectivity index (χ0) is 17.9. The Labute approximate surface area is 136 Å². The molecule has 0 rings (SSSR count). The van der Waals surface area contributed by atoms with E-state index in [1.807, 2.05) is 12.2 Å². The van der Waals surface area contributed by atoms with Gasteiger partial charge in [-0.3, -0.25) is 4.79 Å². The molecule has 23 heavy (non-hydrogen) atoms. The van der Waals surface area contributed by atoms with Gasteiger partial charge in [0.15, 0.2) is 6.10 Å². The Morgan fingerprint density at radius 2 is 1.43 bits per heavy atom. The van der Waals surface area contributed by atoms with Crippen LogP contribution < -0.4 is 10.6 Å². The molecule has 0 aliphatic rings. The van der Waals surface area contributed by atoms with Crippen LogP contribution in [0.1, 0.15) is 19.3 Å². The topological polar surface area (TPSA) is 119 Å². The number of aliphatic hydroxyl groups excluding tert-OH is 1. The highest BCUT2D eigenvalue weighted by molar-refractivity contribution is 5.79. The number of aliphatic carboxylic acids is 2. The van der Waals surface area contributed by atoms with Crippen molar-refractivity contribution in [1.29, 1.82) is 0 Å². The van der Waals surface area contributed by atoms with Gasteiger partial charge >= 0.3 is 11.9 Å². The minimum Gasteiger partial charge on any atom is -0.481 e. The summed E-state index contributed by atoms with van der Waals surface area (Å²) in [6.07, 6.45) is 3.63. The number of nitrogens with one attached hydrogen (secondary N) is 2. The fourth-order valence-corrected chi connectivity index (χ4v) is 1.25. The van der Waals surface area contributed by atoms with Gasteiger partial charge in [-0.05, 0) is 38.1 Å². The predicted octanol–water partition coefficient (Wildman–Crippen LogP) is 0.535. The van der Waals surface area contributed by atoms with Crippen molar-refractivity contribution in [1.82, 2.24) is 10.6 Å². The number of hydrogen-bond donors (Lipinski definition) is 5. The molecule has 0 aliphatic heterocycles. The van der Waals surface area contributed by atoms with Crippen molar-refractivity contribution >= 4 is 11.9 Å². The van der Waals surface area contributed by atoms with Crippen molar-refractivity contribution in [2.24, 2.45) is 0 Å². The van der Waals surface area contributed by atoms with Crippen LogP contribution in [0.5, 0.6) is 0 Å². The third kappa shape index (κ3) is 22.3. The molecule has 0 spiro atoms. The molecule has 0 heterocycles. The first-order valence-corrected chi connectivity index (χ1v) is 7.18. The molecule has 0 aromatic carbocycles. The summed E-state index contributed by atoms with van der Waals surface area (Å²) in [5.41, 5.74) is 5.45. The average molecular weight is 326 g/mol. The number of rotatable bonds is 12. The van der Waals surface area contributed by atoms with Crippen LogP contribution in [0.4, 0.5) is 0 Å². The van der Waals surface area contributed by atoms with Crippen molar-refractivity contribution in [3.63, 3.8) is 0 Å². The summed E-state index contributed by atoms with van der Waals surface area (Å²) in [4.78, 5) is 19.4. The normalized spacial score (nSPS) is 10.3.